The smallest absolute Gasteiger partial charge is 0 e. The third kappa shape index (κ3) is 4.87. The molecular formula is C8H14Ir. The number of hydrogen-bond acceptors (Lipinski definition) is 0. The van der Waals surface area contributed by atoms with Crippen LogP contribution in [0.4, 0.5) is 0 Å². The van der Waals surface area contributed by atoms with Gasteiger partial charge in [-0.05, 0) is 25.7 Å². The summed E-state index contributed by atoms with van der Waals surface area (Å²) in [4.78, 5) is 0. The van der Waals surface area contributed by atoms with E-state index in [0.29, 0.717) is 0 Å². The van der Waals surface area contributed by atoms with Crippen LogP contribution >= 0.6 is 0 Å². The zero-order chi connectivity index (χ0) is 5.66. The topological polar surface area (TPSA) is 0 Å². The normalized spacial score (nSPS) is 19.6. The van der Waals surface area contributed by atoms with Crippen LogP contribution in [0.3, 0.4) is 0 Å². The molecular weight excluding hydrogens is 288 g/mol. The van der Waals surface area contributed by atoms with Crippen molar-refractivity contribution < 1.29 is 20.1 Å². The van der Waals surface area contributed by atoms with Crippen molar-refractivity contribution in [1.82, 2.24) is 0 Å². The molecule has 0 bridgehead atoms. The second kappa shape index (κ2) is 6.51. The van der Waals surface area contributed by atoms with Crippen molar-refractivity contribution in [3.8, 4) is 0 Å². The second-order valence-corrected chi connectivity index (χ2v) is 2.46. The van der Waals surface area contributed by atoms with Crippen LogP contribution in [0.15, 0.2) is 12.2 Å². The second-order valence-electron chi connectivity index (χ2n) is 2.46. The first-order chi connectivity index (χ1) is 4.00. The van der Waals surface area contributed by atoms with Gasteiger partial charge in [0, 0.05) is 20.1 Å². The minimum atomic E-state index is 0. The van der Waals surface area contributed by atoms with Gasteiger partial charge < -0.3 is 0 Å². The molecule has 9 heavy (non-hydrogen) atoms. The van der Waals surface area contributed by atoms with Crippen molar-refractivity contribution in [1.29, 1.82) is 0 Å². The Kier molecular flexibility index (Phi) is 6.79. The van der Waals surface area contributed by atoms with E-state index < -0.39 is 0 Å². The Labute approximate surface area is 71.1 Å². The maximum Gasteiger partial charge on any atom is 0 e. The first-order valence-electron chi connectivity index (χ1n) is 3.65. The minimum Gasteiger partial charge on any atom is -0.0885 e. The Morgan fingerprint density at radius 2 is 1.11 bits per heavy atom. The Bertz CT molecular complexity index is 66.6. The Morgan fingerprint density at radius 3 is 1.56 bits per heavy atom. The molecule has 0 saturated carbocycles. The standard InChI is InChI=1S/C8H14.Ir/c1-2-4-6-8-7-5-3-1;/h1-2H,3-8H2;. The van der Waals surface area contributed by atoms with E-state index in [1.165, 1.54) is 38.5 Å². The van der Waals surface area contributed by atoms with E-state index in [1.807, 2.05) is 0 Å². The van der Waals surface area contributed by atoms with Crippen LogP contribution in [0.2, 0.25) is 0 Å². The van der Waals surface area contributed by atoms with Crippen LogP contribution < -0.4 is 0 Å². The first kappa shape index (κ1) is 9.39. The fourth-order valence-electron chi connectivity index (χ4n) is 1.11. The summed E-state index contributed by atoms with van der Waals surface area (Å²) in [6, 6.07) is 0. The van der Waals surface area contributed by atoms with E-state index in [9.17, 15) is 0 Å². The zero-order valence-electron chi connectivity index (χ0n) is 5.73. The summed E-state index contributed by atoms with van der Waals surface area (Å²) in [7, 11) is 0. The Morgan fingerprint density at radius 1 is 0.667 bits per heavy atom. The average molecular weight is 302 g/mol. The fourth-order valence-corrected chi connectivity index (χ4v) is 1.11. The van der Waals surface area contributed by atoms with Crippen LogP contribution in [-0.4, -0.2) is 0 Å². The molecule has 0 unspecified atom stereocenters. The van der Waals surface area contributed by atoms with Crippen LogP contribution in [0, 0.1) is 0 Å². The molecule has 0 atom stereocenters. The van der Waals surface area contributed by atoms with Gasteiger partial charge in [0.15, 0.2) is 0 Å². The molecule has 0 aromatic carbocycles. The largest absolute Gasteiger partial charge is 0.0885 e. The van der Waals surface area contributed by atoms with Crippen molar-refractivity contribution in [2.75, 3.05) is 0 Å². The van der Waals surface area contributed by atoms with Crippen LogP contribution in [0.25, 0.3) is 0 Å². The van der Waals surface area contributed by atoms with E-state index in [0.717, 1.165) is 0 Å². The van der Waals surface area contributed by atoms with Crippen molar-refractivity contribution in [2.24, 2.45) is 0 Å². The molecule has 1 rings (SSSR count). The Hall–Kier alpha value is 0.389. The summed E-state index contributed by atoms with van der Waals surface area (Å²) < 4.78 is 0. The van der Waals surface area contributed by atoms with Gasteiger partial charge in [0.1, 0.15) is 0 Å². The molecule has 0 amide bonds. The first-order valence-corrected chi connectivity index (χ1v) is 3.65. The van der Waals surface area contributed by atoms with Crippen LogP contribution in [0.1, 0.15) is 38.5 Å². The fraction of sp³-hybridized carbons (Fsp3) is 0.750. The summed E-state index contributed by atoms with van der Waals surface area (Å²) in [5.41, 5.74) is 0. The van der Waals surface area contributed by atoms with Gasteiger partial charge in [-0.2, -0.15) is 0 Å². The summed E-state index contributed by atoms with van der Waals surface area (Å²) in [6.45, 7) is 0. The molecule has 0 saturated heterocycles. The van der Waals surface area contributed by atoms with Gasteiger partial charge in [-0.1, -0.05) is 25.0 Å². The summed E-state index contributed by atoms with van der Waals surface area (Å²) in [5, 5.41) is 0. The molecule has 0 fully saturated rings. The van der Waals surface area contributed by atoms with Gasteiger partial charge in [-0.3, -0.25) is 0 Å². The van der Waals surface area contributed by atoms with E-state index in [4.69, 9.17) is 0 Å². The SMILES string of the molecule is C1=CCCCCCC1.[Ir]. The maximum absolute atomic E-state index is 2.32. The Balaban J connectivity index is 0.000000640. The van der Waals surface area contributed by atoms with E-state index in [1.54, 1.807) is 0 Å². The molecule has 55 valence electrons. The van der Waals surface area contributed by atoms with Gasteiger partial charge in [0.2, 0.25) is 0 Å². The van der Waals surface area contributed by atoms with Crippen LogP contribution in [0.5, 0.6) is 0 Å². The van der Waals surface area contributed by atoms with Gasteiger partial charge in [0.25, 0.3) is 0 Å². The van der Waals surface area contributed by atoms with Gasteiger partial charge >= 0.3 is 0 Å². The maximum atomic E-state index is 2.32. The van der Waals surface area contributed by atoms with Crippen molar-refractivity contribution >= 4 is 0 Å². The molecule has 0 spiro atoms. The number of rotatable bonds is 0. The van der Waals surface area contributed by atoms with Gasteiger partial charge in [0.05, 0.1) is 0 Å². The molecule has 0 heterocycles. The van der Waals surface area contributed by atoms with Crippen LogP contribution in [-0.2, 0) is 20.1 Å². The average Bonchev–Trinajstić information content (AvgIpc) is 1.62. The number of allylic oxidation sites excluding steroid dienone is 2. The third-order valence-corrected chi connectivity index (χ3v) is 1.66. The summed E-state index contributed by atoms with van der Waals surface area (Å²) in [5.74, 6) is 0. The summed E-state index contributed by atoms with van der Waals surface area (Å²) in [6.07, 6.45) is 13.0. The van der Waals surface area contributed by atoms with Crippen molar-refractivity contribution in [3.05, 3.63) is 12.2 Å². The molecule has 0 aromatic rings. The number of hydrogen-bond donors (Lipinski definition) is 0. The minimum absolute atomic E-state index is 0. The molecule has 1 radical (unpaired) electrons. The van der Waals surface area contributed by atoms with Gasteiger partial charge in [-0.15, -0.1) is 0 Å². The zero-order valence-corrected chi connectivity index (χ0v) is 8.13. The van der Waals surface area contributed by atoms with E-state index >= 15 is 0 Å². The molecule has 1 heteroatoms. The predicted octanol–water partition coefficient (Wildman–Crippen LogP) is 2.89. The third-order valence-electron chi connectivity index (χ3n) is 1.66. The quantitative estimate of drug-likeness (QED) is 0.604. The van der Waals surface area contributed by atoms with E-state index in [-0.39, 0.29) is 20.1 Å². The van der Waals surface area contributed by atoms with Crippen molar-refractivity contribution in [2.45, 2.75) is 38.5 Å². The molecule has 0 aromatic heterocycles. The monoisotopic (exact) mass is 303 g/mol. The molecule has 0 N–H and O–H groups in total. The molecule has 0 nitrogen and oxygen atoms in total. The molecule has 0 aliphatic heterocycles. The van der Waals surface area contributed by atoms with Crippen molar-refractivity contribution in [3.63, 3.8) is 0 Å². The molecule has 1 aliphatic rings. The van der Waals surface area contributed by atoms with E-state index in [2.05, 4.69) is 12.2 Å². The molecule has 1 aliphatic carbocycles. The summed E-state index contributed by atoms with van der Waals surface area (Å²) >= 11 is 0. The van der Waals surface area contributed by atoms with Gasteiger partial charge in [-0.25, -0.2) is 0 Å². The predicted molar refractivity (Wildman–Crippen MR) is 36.8 cm³/mol.